The molecule has 76 valence electrons. The molecule has 2 heteroatoms. The first kappa shape index (κ1) is 11.6. The molecule has 0 aromatic rings. The van der Waals surface area contributed by atoms with Gasteiger partial charge in [0.05, 0.1) is 0 Å². The minimum atomic E-state index is -0.247. The lowest BCUT2D eigenvalue weighted by atomic mass is 9.86. The van der Waals surface area contributed by atoms with Crippen molar-refractivity contribution < 1.29 is 4.43 Å². The highest BCUT2D eigenvalue weighted by Gasteiger charge is 2.29. The maximum absolute atomic E-state index is 5.85. The average molecular weight is 206 g/mol. The molecule has 0 heterocycles. The molecular weight excluding hydrogens is 188 g/mol. The zero-order valence-corrected chi connectivity index (χ0v) is 10.1. The highest BCUT2D eigenvalue weighted by molar-refractivity contribution is 6.34. The standard InChI is InChI=1S/C12H18OSi/c1-4-12(8-6-5-7-9-12)13-14-10-11(2)3/h1,10H,5-9H2,2-3H3. The Morgan fingerprint density at radius 1 is 1.36 bits per heavy atom. The average Bonchev–Trinajstić information content (AvgIpc) is 2.19. The first-order valence-electron chi connectivity index (χ1n) is 5.23. The van der Waals surface area contributed by atoms with Gasteiger partial charge >= 0.3 is 0 Å². The number of hydrogen-bond acceptors (Lipinski definition) is 1. The van der Waals surface area contributed by atoms with Gasteiger partial charge in [-0.05, 0) is 39.5 Å². The van der Waals surface area contributed by atoms with E-state index in [1.807, 2.05) is 0 Å². The number of rotatable bonds is 3. The Hall–Kier alpha value is -0.523. The zero-order valence-electron chi connectivity index (χ0n) is 9.10. The molecule has 0 spiro atoms. The molecule has 0 aliphatic heterocycles. The van der Waals surface area contributed by atoms with Crippen molar-refractivity contribution in [3.63, 3.8) is 0 Å². The van der Waals surface area contributed by atoms with Gasteiger partial charge in [-0.15, -0.1) is 6.42 Å². The highest BCUT2D eigenvalue weighted by Crippen LogP contribution is 2.30. The molecule has 1 aliphatic carbocycles. The number of terminal acetylenes is 1. The Labute approximate surface area is 89.9 Å². The SMILES string of the molecule is C#CC1(O[Si]C=C(C)C)CCCCC1. The van der Waals surface area contributed by atoms with Crippen molar-refractivity contribution in [2.45, 2.75) is 51.6 Å². The van der Waals surface area contributed by atoms with Crippen LogP contribution in [0.5, 0.6) is 0 Å². The first-order valence-corrected chi connectivity index (χ1v) is 6.22. The Morgan fingerprint density at radius 2 is 2.00 bits per heavy atom. The van der Waals surface area contributed by atoms with Crippen LogP contribution in [0.15, 0.2) is 11.3 Å². The molecule has 1 rings (SSSR count). The third-order valence-corrected chi connectivity index (χ3v) is 3.73. The summed E-state index contributed by atoms with van der Waals surface area (Å²) in [6, 6.07) is 0. The maximum atomic E-state index is 5.85. The van der Waals surface area contributed by atoms with Crippen LogP contribution < -0.4 is 0 Å². The van der Waals surface area contributed by atoms with Gasteiger partial charge < -0.3 is 4.43 Å². The summed E-state index contributed by atoms with van der Waals surface area (Å²) < 4.78 is 5.85. The van der Waals surface area contributed by atoms with Crippen LogP contribution in [0.2, 0.25) is 0 Å². The fourth-order valence-electron chi connectivity index (χ4n) is 1.66. The molecule has 0 aromatic heterocycles. The number of allylic oxidation sites excluding steroid dienone is 1. The maximum Gasteiger partial charge on any atom is 0.262 e. The number of hydrogen-bond donors (Lipinski definition) is 0. The second-order valence-electron chi connectivity index (χ2n) is 4.14. The van der Waals surface area contributed by atoms with Crippen LogP contribution in [0, 0.1) is 12.3 Å². The summed E-state index contributed by atoms with van der Waals surface area (Å²) in [4.78, 5) is 0. The summed E-state index contributed by atoms with van der Waals surface area (Å²) in [5, 5.41) is 0. The third-order valence-electron chi connectivity index (χ3n) is 2.53. The molecule has 0 aromatic carbocycles. The molecular formula is C12H18OSi. The molecule has 14 heavy (non-hydrogen) atoms. The molecule has 0 atom stereocenters. The Balaban J connectivity index is 2.45. The molecule has 0 N–H and O–H groups in total. The largest absolute Gasteiger partial charge is 0.396 e. The molecule has 2 radical (unpaired) electrons. The summed E-state index contributed by atoms with van der Waals surface area (Å²) in [7, 11) is 0.417. The highest BCUT2D eigenvalue weighted by atomic mass is 28.2. The van der Waals surface area contributed by atoms with E-state index in [0.717, 1.165) is 12.8 Å². The predicted octanol–water partition coefficient (Wildman–Crippen LogP) is 2.88. The van der Waals surface area contributed by atoms with Crippen LogP contribution in [-0.4, -0.2) is 15.4 Å². The second-order valence-corrected chi connectivity index (χ2v) is 4.87. The van der Waals surface area contributed by atoms with E-state index in [9.17, 15) is 0 Å². The molecule has 1 nitrogen and oxygen atoms in total. The van der Waals surface area contributed by atoms with Gasteiger partial charge in [0.1, 0.15) is 5.60 Å². The van der Waals surface area contributed by atoms with Gasteiger partial charge in [-0.1, -0.05) is 23.6 Å². The quantitative estimate of drug-likeness (QED) is 0.509. The molecule has 1 aliphatic rings. The summed E-state index contributed by atoms with van der Waals surface area (Å²) >= 11 is 0. The molecule has 1 saturated carbocycles. The van der Waals surface area contributed by atoms with Crippen LogP contribution in [0.3, 0.4) is 0 Å². The van der Waals surface area contributed by atoms with Gasteiger partial charge in [0, 0.05) is 0 Å². The lowest BCUT2D eigenvalue weighted by molar-refractivity contribution is 0.0945. The predicted molar refractivity (Wildman–Crippen MR) is 60.9 cm³/mol. The van der Waals surface area contributed by atoms with Crippen molar-refractivity contribution in [2.75, 3.05) is 0 Å². The minimum absolute atomic E-state index is 0.247. The van der Waals surface area contributed by atoms with Crippen molar-refractivity contribution in [3.8, 4) is 12.3 Å². The normalized spacial score (nSPS) is 19.8. The van der Waals surface area contributed by atoms with Gasteiger partial charge in [0.2, 0.25) is 0 Å². The second kappa shape index (κ2) is 5.38. The Kier molecular flexibility index (Phi) is 4.44. The van der Waals surface area contributed by atoms with E-state index in [1.165, 1.54) is 24.8 Å². The van der Waals surface area contributed by atoms with Gasteiger partial charge in [-0.2, -0.15) is 0 Å². The summed E-state index contributed by atoms with van der Waals surface area (Å²) in [6.07, 6.45) is 11.4. The van der Waals surface area contributed by atoms with E-state index in [4.69, 9.17) is 10.8 Å². The molecule has 1 fully saturated rings. The minimum Gasteiger partial charge on any atom is -0.396 e. The van der Waals surface area contributed by atoms with Crippen LogP contribution in [0.25, 0.3) is 0 Å². The Bertz CT molecular complexity index is 240. The van der Waals surface area contributed by atoms with Crippen molar-refractivity contribution >= 4 is 9.76 Å². The van der Waals surface area contributed by atoms with E-state index in [1.54, 1.807) is 0 Å². The van der Waals surface area contributed by atoms with E-state index >= 15 is 0 Å². The van der Waals surface area contributed by atoms with Crippen molar-refractivity contribution in [1.29, 1.82) is 0 Å². The van der Waals surface area contributed by atoms with Crippen molar-refractivity contribution in [2.24, 2.45) is 0 Å². The molecule has 0 bridgehead atoms. The van der Waals surface area contributed by atoms with Gasteiger partial charge in [-0.3, -0.25) is 0 Å². The monoisotopic (exact) mass is 206 g/mol. The molecule has 0 saturated heterocycles. The lowest BCUT2D eigenvalue weighted by Gasteiger charge is -2.32. The van der Waals surface area contributed by atoms with E-state index in [2.05, 4.69) is 25.5 Å². The van der Waals surface area contributed by atoms with Gasteiger partial charge in [-0.25, -0.2) is 0 Å². The molecule has 0 unspecified atom stereocenters. The Morgan fingerprint density at radius 3 is 2.50 bits per heavy atom. The van der Waals surface area contributed by atoms with E-state index in [-0.39, 0.29) is 5.60 Å². The fourth-order valence-corrected chi connectivity index (χ4v) is 2.44. The smallest absolute Gasteiger partial charge is 0.262 e. The summed E-state index contributed by atoms with van der Waals surface area (Å²) in [5.74, 6) is 2.85. The van der Waals surface area contributed by atoms with Crippen molar-refractivity contribution in [1.82, 2.24) is 0 Å². The van der Waals surface area contributed by atoms with Crippen LogP contribution in [0.1, 0.15) is 46.0 Å². The summed E-state index contributed by atoms with van der Waals surface area (Å²) in [6.45, 7) is 4.17. The van der Waals surface area contributed by atoms with Crippen LogP contribution in [-0.2, 0) is 4.43 Å². The van der Waals surface area contributed by atoms with E-state index < -0.39 is 0 Å². The fraction of sp³-hybridized carbons (Fsp3) is 0.667. The lowest BCUT2D eigenvalue weighted by Crippen LogP contribution is -2.34. The van der Waals surface area contributed by atoms with Crippen molar-refractivity contribution in [3.05, 3.63) is 11.3 Å². The van der Waals surface area contributed by atoms with Gasteiger partial charge in [0.15, 0.2) is 0 Å². The van der Waals surface area contributed by atoms with Gasteiger partial charge in [0.25, 0.3) is 9.76 Å². The molecule has 0 amide bonds. The van der Waals surface area contributed by atoms with Crippen LogP contribution in [0.4, 0.5) is 0 Å². The summed E-state index contributed by atoms with van der Waals surface area (Å²) in [5.41, 5.74) is 3.17. The third kappa shape index (κ3) is 3.32. The zero-order chi connectivity index (χ0) is 10.4. The topological polar surface area (TPSA) is 9.23 Å². The van der Waals surface area contributed by atoms with Crippen LogP contribution >= 0.6 is 0 Å². The van der Waals surface area contributed by atoms with E-state index in [0.29, 0.717) is 9.76 Å². The first-order chi connectivity index (χ1) is 6.68.